The Kier molecular flexibility index (Phi) is 2.79. The highest BCUT2D eigenvalue weighted by Gasteiger charge is 2.09. The molecule has 0 spiro atoms. The Morgan fingerprint density at radius 1 is 1.29 bits per heavy atom. The van der Waals surface area contributed by atoms with Gasteiger partial charge in [0.05, 0.1) is 0 Å². The van der Waals surface area contributed by atoms with Gasteiger partial charge in [0.25, 0.3) is 0 Å². The van der Waals surface area contributed by atoms with Crippen LogP contribution in [-0.4, -0.2) is 10.1 Å². The van der Waals surface area contributed by atoms with E-state index in [1.807, 2.05) is 6.07 Å². The van der Waals surface area contributed by atoms with E-state index in [1.54, 1.807) is 24.3 Å². The molecule has 0 atom stereocenters. The number of phenols is 1. The summed E-state index contributed by atoms with van der Waals surface area (Å²) in [5.41, 5.74) is 6.05. The molecule has 17 heavy (non-hydrogen) atoms. The third-order valence-corrected chi connectivity index (χ3v) is 2.14. The second-order valence-electron chi connectivity index (χ2n) is 3.26. The quantitative estimate of drug-likeness (QED) is 0.605. The van der Waals surface area contributed by atoms with Crippen LogP contribution < -0.4 is 10.5 Å². The van der Waals surface area contributed by atoms with Gasteiger partial charge in [0, 0.05) is 6.20 Å². The summed E-state index contributed by atoms with van der Waals surface area (Å²) in [6, 6.07) is 9.81. The molecule has 5 heteroatoms. The predicted molar refractivity (Wildman–Crippen MR) is 61.5 cm³/mol. The number of nitriles is 1. The molecule has 0 aliphatic carbocycles. The Morgan fingerprint density at radius 2 is 2.12 bits per heavy atom. The molecule has 5 nitrogen and oxygen atoms in total. The van der Waals surface area contributed by atoms with Gasteiger partial charge >= 0.3 is 0 Å². The summed E-state index contributed by atoms with van der Waals surface area (Å²) in [5.74, 6) is 0.351. The molecular formula is C12H9N3O2. The maximum atomic E-state index is 9.41. The van der Waals surface area contributed by atoms with Gasteiger partial charge in [-0.25, -0.2) is 4.98 Å². The average molecular weight is 227 g/mol. The molecule has 0 aliphatic rings. The monoisotopic (exact) mass is 227 g/mol. The van der Waals surface area contributed by atoms with Crippen LogP contribution in [0.3, 0.4) is 0 Å². The summed E-state index contributed by atoms with van der Waals surface area (Å²) in [6.07, 6.45) is 1.51. The van der Waals surface area contributed by atoms with Crippen LogP contribution >= 0.6 is 0 Å². The minimum Gasteiger partial charge on any atom is -0.506 e. The molecule has 1 aromatic carbocycles. The molecule has 1 aromatic heterocycles. The number of nitrogen functional groups attached to an aromatic ring is 1. The molecule has 0 bridgehead atoms. The number of para-hydroxylation sites is 1. The van der Waals surface area contributed by atoms with Gasteiger partial charge in [-0.15, -0.1) is 0 Å². The number of nitrogens with zero attached hydrogens (tertiary/aromatic N) is 2. The van der Waals surface area contributed by atoms with Crippen LogP contribution in [0.4, 0.5) is 5.69 Å². The smallest absolute Gasteiger partial charge is 0.237 e. The van der Waals surface area contributed by atoms with Gasteiger partial charge in [-0.1, -0.05) is 6.07 Å². The predicted octanol–water partition coefficient (Wildman–Crippen LogP) is 2.03. The lowest BCUT2D eigenvalue weighted by molar-refractivity contribution is 0.449. The number of nitrogens with two attached hydrogens (primary N) is 1. The molecule has 84 valence electrons. The highest BCUT2D eigenvalue weighted by Crippen LogP contribution is 2.33. The number of pyridine rings is 1. The van der Waals surface area contributed by atoms with Gasteiger partial charge in [0.2, 0.25) is 5.88 Å². The van der Waals surface area contributed by atoms with E-state index in [0.717, 1.165) is 0 Å². The van der Waals surface area contributed by atoms with Crippen molar-refractivity contribution in [1.82, 2.24) is 4.98 Å². The fourth-order valence-corrected chi connectivity index (χ4v) is 1.28. The highest BCUT2D eigenvalue weighted by molar-refractivity contribution is 5.63. The van der Waals surface area contributed by atoms with Crippen molar-refractivity contribution < 1.29 is 9.84 Å². The van der Waals surface area contributed by atoms with Gasteiger partial charge in [-0.3, -0.25) is 0 Å². The zero-order valence-corrected chi connectivity index (χ0v) is 8.79. The number of hydrogen-bond acceptors (Lipinski definition) is 5. The first-order chi connectivity index (χ1) is 8.22. The van der Waals surface area contributed by atoms with Crippen molar-refractivity contribution in [3.05, 3.63) is 42.1 Å². The first-order valence-electron chi connectivity index (χ1n) is 4.83. The number of ether oxygens (including phenoxy) is 1. The van der Waals surface area contributed by atoms with E-state index in [-0.39, 0.29) is 23.1 Å². The van der Waals surface area contributed by atoms with E-state index in [2.05, 4.69) is 4.98 Å². The minimum atomic E-state index is -0.0723. The van der Waals surface area contributed by atoms with Gasteiger partial charge in [0.15, 0.2) is 5.75 Å². The average Bonchev–Trinajstić information content (AvgIpc) is 2.35. The van der Waals surface area contributed by atoms with Crippen molar-refractivity contribution >= 4 is 5.69 Å². The third kappa shape index (κ3) is 2.11. The molecule has 3 N–H and O–H groups in total. The fourth-order valence-electron chi connectivity index (χ4n) is 1.28. The topological polar surface area (TPSA) is 92.2 Å². The molecule has 0 radical (unpaired) electrons. The number of aromatic hydroxyl groups is 1. The second-order valence-corrected chi connectivity index (χ2v) is 3.26. The molecule has 2 rings (SSSR count). The van der Waals surface area contributed by atoms with Crippen molar-refractivity contribution in [1.29, 1.82) is 5.26 Å². The summed E-state index contributed by atoms with van der Waals surface area (Å²) in [4.78, 5) is 3.93. The van der Waals surface area contributed by atoms with Crippen molar-refractivity contribution in [3.63, 3.8) is 0 Å². The largest absolute Gasteiger partial charge is 0.506 e. The molecule has 0 unspecified atom stereocenters. The lowest BCUT2D eigenvalue weighted by atomic mass is 10.2. The number of phenolic OH excluding ortho intramolecular Hbond substituents is 1. The minimum absolute atomic E-state index is 0.0723. The summed E-state index contributed by atoms with van der Waals surface area (Å²) >= 11 is 0. The van der Waals surface area contributed by atoms with Gasteiger partial charge in [0.1, 0.15) is 23.1 Å². The van der Waals surface area contributed by atoms with E-state index in [9.17, 15) is 5.11 Å². The summed E-state index contributed by atoms with van der Waals surface area (Å²) in [5, 5.41) is 18.3. The van der Waals surface area contributed by atoms with Gasteiger partial charge < -0.3 is 15.6 Å². The number of hydrogen-bond donors (Lipinski definition) is 2. The SMILES string of the molecule is N#Cc1cccnc1Oc1cccc(O)c1N. The van der Waals surface area contributed by atoms with Gasteiger partial charge in [-0.05, 0) is 24.3 Å². The Labute approximate surface area is 97.7 Å². The Balaban J connectivity index is 2.39. The van der Waals surface area contributed by atoms with E-state index >= 15 is 0 Å². The van der Waals surface area contributed by atoms with Crippen LogP contribution in [0.1, 0.15) is 5.56 Å². The van der Waals surface area contributed by atoms with Crippen LogP contribution in [0.25, 0.3) is 0 Å². The molecule has 0 fully saturated rings. The van der Waals surface area contributed by atoms with Crippen molar-refractivity contribution in [3.8, 4) is 23.4 Å². The molecule has 0 amide bonds. The second kappa shape index (κ2) is 4.41. The van der Waals surface area contributed by atoms with Gasteiger partial charge in [-0.2, -0.15) is 5.26 Å². The first kappa shape index (κ1) is 10.8. The molecule has 1 heterocycles. The van der Waals surface area contributed by atoms with E-state index in [0.29, 0.717) is 5.56 Å². The zero-order chi connectivity index (χ0) is 12.3. The van der Waals surface area contributed by atoms with Crippen molar-refractivity contribution in [2.75, 3.05) is 5.73 Å². The Bertz CT molecular complexity index is 591. The highest BCUT2D eigenvalue weighted by atomic mass is 16.5. The normalized spacial score (nSPS) is 9.59. The maximum Gasteiger partial charge on any atom is 0.237 e. The Morgan fingerprint density at radius 3 is 2.88 bits per heavy atom. The number of anilines is 1. The van der Waals surface area contributed by atoms with Crippen LogP contribution in [0.2, 0.25) is 0 Å². The number of aromatic nitrogens is 1. The molecule has 0 saturated heterocycles. The molecular weight excluding hydrogens is 218 g/mol. The van der Waals surface area contributed by atoms with E-state index in [1.165, 1.54) is 12.3 Å². The van der Waals surface area contributed by atoms with Crippen LogP contribution in [0, 0.1) is 11.3 Å². The summed E-state index contributed by atoms with van der Waals surface area (Å²) in [7, 11) is 0. The number of rotatable bonds is 2. The van der Waals surface area contributed by atoms with Crippen LogP contribution in [0.5, 0.6) is 17.4 Å². The standard InChI is InChI=1S/C12H9N3O2/c13-7-8-3-2-6-15-12(8)17-10-5-1-4-9(16)11(10)14/h1-6,16H,14H2. The fraction of sp³-hybridized carbons (Fsp3) is 0. The Hall–Kier alpha value is -2.74. The summed E-state index contributed by atoms with van der Waals surface area (Å²) < 4.78 is 5.39. The first-order valence-corrected chi connectivity index (χ1v) is 4.83. The lowest BCUT2D eigenvalue weighted by Gasteiger charge is -2.08. The van der Waals surface area contributed by atoms with Crippen LogP contribution in [-0.2, 0) is 0 Å². The maximum absolute atomic E-state index is 9.41. The lowest BCUT2D eigenvalue weighted by Crippen LogP contribution is -1.95. The molecule has 0 aliphatic heterocycles. The van der Waals surface area contributed by atoms with Crippen molar-refractivity contribution in [2.45, 2.75) is 0 Å². The van der Waals surface area contributed by atoms with E-state index in [4.69, 9.17) is 15.7 Å². The zero-order valence-electron chi connectivity index (χ0n) is 8.79. The van der Waals surface area contributed by atoms with Crippen molar-refractivity contribution in [2.24, 2.45) is 0 Å². The third-order valence-electron chi connectivity index (χ3n) is 2.14. The molecule has 0 saturated carbocycles. The van der Waals surface area contributed by atoms with Crippen LogP contribution in [0.15, 0.2) is 36.5 Å². The van der Waals surface area contributed by atoms with E-state index < -0.39 is 0 Å². The number of benzene rings is 1. The molecule has 2 aromatic rings. The summed E-state index contributed by atoms with van der Waals surface area (Å²) in [6.45, 7) is 0.